The molecule has 0 aromatic carbocycles. The number of carbonyl (C=O) groups is 4. The molecule has 1 aliphatic heterocycles. The zero-order valence-electron chi connectivity index (χ0n) is 20.5. The van der Waals surface area contributed by atoms with Crippen molar-refractivity contribution in [3.8, 4) is 0 Å². The monoisotopic (exact) mass is 441 g/mol. The van der Waals surface area contributed by atoms with E-state index in [1.54, 1.807) is 0 Å². The third kappa shape index (κ3) is 4.40. The molecule has 1 heterocycles. The van der Waals surface area contributed by atoms with E-state index in [0.717, 1.165) is 24.8 Å². The summed E-state index contributed by atoms with van der Waals surface area (Å²) in [5.41, 5.74) is 1.05. The first kappa shape index (κ1) is 24.6. The number of amides is 1. The molecule has 3 aliphatic rings. The van der Waals surface area contributed by atoms with Crippen molar-refractivity contribution in [2.24, 2.45) is 35.0 Å². The normalized spacial score (nSPS) is 37.6. The van der Waals surface area contributed by atoms with Gasteiger partial charge in [-0.15, -0.1) is 0 Å². The average Bonchev–Trinajstić information content (AvgIpc) is 2.95. The van der Waals surface area contributed by atoms with Gasteiger partial charge in [0.2, 0.25) is 5.91 Å². The van der Waals surface area contributed by atoms with E-state index in [4.69, 9.17) is 0 Å². The minimum absolute atomic E-state index is 0.0107. The number of allylic oxidation sites excluding steroid dienone is 4. The smallest absolute Gasteiger partial charge is 0.235 e. The van der Waals surface area contributed by atoms with Gasteiger partial charge in [0, 0.05) is 43.1 Å². The van der Waals surface area contributed by atoms with Crippen LogP contribution in [0, 0.1) is 35.0 Å². The third-order valence-corrected chi connectivity index (χ3v) is 7.88. The van der Waals surface area contributed by atoms with E-state index in [2.05, 4.69) is 45.2 Å². The van der Waals surface area contributed by atoms with Crippen LogP contribution in [0.25, 0.3) is 0 Å². The minimum Gasteiger partial charge on any atom is -0.352 e. The summed E-state index contributed by atoms with van der Waals surface area (Å²) in [5, 5.41) is 3.21. The number of hydrogen-bond acceptors (Lipinski definition) is 4. The number of ketones is 3. The fraction of sp³-hybridized carbons (Fsp3) is 0.704. The van der Waals surface area contributed by atoms with Crippen molar-refractivity contribution in [1.29, 1.82) is 0 Å². The summed E-state index contributed by atoms with van der Waals surface area (Å²) < 4.78 is 0. The Kier molecular flexibility index (Phi) is 7.26. The van der Waals surface area contributed by atoms with Crippen molar-refractivity contribution in [1.82, 2.24) is 5.32 Å². The molecule has 0 bridgehead atoms. The van der Waals surface area contributed by atoms with Gasteiger partial charge < -0.3 is 10.1 Å². The molecule has 0 saturated carbocycles. The van der Waals surface area contributed by atoms with Crippen LogP contribution in [0.3, 0.4) is 0 Å². The van der Waals surface area contributed by atoms with Crippen molar-refractivity contribution in [3.05, 3.63) is 23.3 Å². The molecule has 5 heteroatoms. The van der Waals surface area contributed by atoms with Gasteiger partial charge in [-0.3, -0.25) is 14.4 Å². The maximum atomic E-state index is 14.4. The van der Waals surface area contributed by atoms with Gasteiger partial charge in [0.25, 0.3) is 0 Å². The number of hydrogen-bond donors (Lipinski definition) is 1. The molecule has 1 saturated heterocycles. The van der Waals surface area contributed by atoms with E-state index in [1.165, 1.54) is 12.5 Å². The van der Waals surface area contributed by atoms with Gasteiger partial charge in [0.05, 0.1) is 0 Å². The summed E-state index contributed by atoms with van der Waals surface area (Å²) in [5.74, 6) is -1.37. The van der Waals surface area contributed by atoms with Crippen molar-refractivity contribution in [2.45, 2.75) is 86.1 Å². The molecule has 1 fully saturated rings. The lowest BCUT2D eigenvalue weighted by molar-refractivity contribution is -0.150. The van der Waals surface area contributed by atoms with Gasteiger partial charge in [0.15, 0.2) is 5.78 Å². The van der Waals surface area contributed by atoms with Crippen LogP contribution in [0.4, 0.5) is 0 Å². The molecule has 0 aromatic rings. The predicted octanol–water partition coefficient (Wildman–Crippen LogP) is 4.60. The standard InChI is InChI=1S/C27H39NO4/c1-15(2)10-23-24-19(6)17(4)12-21-11-16(3)8-7-9-22(30)14-20(13-18(5)29)25(31)27(21,24)26(32)28-23/h11-12,15,19-21,23-24H,7-10,13-14H2,1-6H3,(H,28,32)/b16-11-/t19-,20-,21+,23+,24+,27+/m1/s1. The first-order valence-corrected chi connectivity index (χ1v) is 12.2. The molecular formula is C27H39NO4. The third-order valence-electron chi connectivity index (χ3n) is 7.88. The SMILES string of the molecule is CC(=O)C[C@@H]1CC(=O)CCC/C(C)=C\[C@H]2C=C(C)[C@@H](C)[C@H]3[C@H](CC(C)C)NC(=O)[C@]32C1=O. The maximum absolute atomic E-state index is 14.4. The molecule has 6 atom stereocenters. The van der Waals surface area contributed by atoms with Gasteiger partial charge in [0.1, 0.15) is 17.0 Å². The Labute approximate surface area is 192 Å². The molecule has 0 radical (unpaired) electrons. The molecule has 2 aliphatic carbocycles. The Morgan fingerprint density at radius 3 is 2.47 bits per heavy atom. The second-order valence-corrected chi connectivity index (χ2v) is 10.9. The predicted molar refractivity (Wildman–Crippen MR) is 125 cm³/mol. The summed E-state index contributed by atoms with van der Waals surface area (Å²) in [6, 6.07) is -0.0971. The Bertz CT molecular complexity index is 867. The van der Waals surface area contributed by atoms with E-state index in [-0.39, 0.29) is 59.9 Å². The fourth-order valence-corrected chi connectivity index (χ4v) is 6.42. The molecule has 0 aromatic heterocycles. The molecule has 1 amide bonds. The molecule has 1 N–H and O–H groups in total. The second-order valence-electron chi connectivity index (χ2n) is 10.9. The number of Topliss-reactive ketones (excluding diaryl/α,β-unsaturated/α-hetero) is 3. The zero-order valence-corrected chi connectivity index (χ0v) is 20.5. The molecule has 0 unspecified atom stereocenters. The van der Waals surface area contributed by atoms with Gasteiger partial charge in [-0.05, 0) is 51.9 Å². The average molecular weight is 442 g/mol. The number of nitrogens with one attached hydrogen (secondary N) is 1. The number of rotatable bonds is 4. The van der Waals surface area contributed by atoms with Crippen molar-refractivity contribution in [3.63, 3.8) is 0 Å². The molecule has 3 rings (SSSR count). The molecule has 1 spiro atoms. The first-order valence-electron chi connectivity index (χ1n) is 12.2. The van der Waals surface area contributed by atoms with Gasteiger partial charge in [-0.2, -0.15) is 0 Å². The lowest BCUT2D eigenvalue weighted by atomic mass is 9.53. The van der Waals surface area contributed by atoms with Crippen LogP contribution in [0.2, 0.25) is 0 Å². The van der Waals surface area contributed by atoms with Crippen LogP contribution in [0.1, 0.15) is 80.1 Å². The van der Waals surface area contributed by atoms with E-state index < -0.39 is 11.3 Å². The van der Waals surface area contributed by atoms with E-state index >= 15 is 0 Å². The van der Waals surface area contributed by atoms with Crippen LogP contribution in [0.5, 0.6) is 0 Å². The first-order chi connectivity index (χ1) is 15.0. The van der Waals surface area contributed by atoms with Crippen LogP contribution >= 0.6 is 0 Å². The van der Waals surface area contributed by atoms with Crippen molar-refractivity contribution in [2.75, 3.05) is 0 Å². The largest absolute Gasteiger partial charge is 0.352 e. The zero-order chi connectivity index (χ0) is 23.8. The van der Waals surface area contributed by atoms with Gasteiger partial charge >= 0.3 is 0 Å². The highest BCUT2D eigenvalue weighted by Gasteiger charge is 2.66. The van der Waals surface area contributed by atoms with Crippen LogP contribution in [-0.2, 0) is 19.2 Å². The summed E-state index contributed by atoms with van der Waals surface area (Å²) in [6.45, 7) is 12.0. The quantitative estimate of drug-likeness (QED) is 0.511. The Balaban J connectivity index is 2.24. The Hall–Kier alpha value is -2.04. The Morgan fingerprint density at radius 2 is 1.84 bits per heavy atom. The highest BCUT2D eigenvalue weighted by atomic mass is 16.2. The lowest BCUT2D eigenvalue weighted by Gasteiger charge is -2.46. The van der Waals surface area contributed by atoms with E-state index in [9.17, 15) is 19.2 Å². The molecular weight excluding hydrogens is 402 g/mol. The van der Waals surface area contributed by atoms with Crippen molar-refractivity contribution < 1.29 is 19.2 Å². The second kappa shape index (κ2) is 9.44. The lowest BCUT2D eigenvalue weighted by Crippen LogP contribution is -2.54. The van der Waals surface area contributed by atoms with Gasteiger partial charge in [-0.25, -0.2) is 0 Å². The van der Waals surface area contributed by atoms with Gasteiger partial charge in [-0.1, -0.05) is 44.1 Å². The highest BCUT2D eigenvalue weighted by molar-refractivity contribution is 6.11. The highest BCUT2D eigenvalue weighted by Crippen LogP contribution is 2.56. The van der Waals surface area contributed by atoms with Crippen LogP contribution < -0.4 is 5.32 Å². The van der Waals surface area contributed by atoms with E-state index in [1.807, 2.05) is 6.92 Å². The summed E-state index contributed by atoms with van der Waals surface area (Å²) >= 11 is 0. The summed E-state index contributed by atoms with van der Waals surface area (Å²) in [4.78, 5) is 53.0. The molecule has 5 nitrogen and oxygen atoms in total. The van der Waals surface area contributed by atoms with Crippen LogP contribution in [-0.4, -0.2) is 29.3 Å². The molecule has 176 valence electrons. The summed E-state index contributed by atoms with van der Waals surface area (Å²) in [7, 11) is 0. The van der Waals surface area contributed by atoms with Crippen LogP contribution in [0.15, 0.2) is 23.3 Å². The fourth-order valence-electron chi connectivity index (χ4n) is 6.42. The Morgan fingerprint density at radius 1 is 1.16 bits per heavy atom. The van der Waals surface area contributed by atoms with E-state index in [0.29, 0.717) is 12.3 Å². The maximum Gasteiger partial charge on any atom is 0.235 e. The van der Waals surface area contributed by atoms with Crippen molar-refractivity contribution >= 4 is 23.3 Å². The number of carbonyl (C=O) groups excluding carboxylic acids is 4. The molecule has 32 heavy (non-hydrogen) atoms. The minimum atomic E-state index is -1.26. The summed E-state index contributed by atoms with van der Waals surface area (Å²) in [6.07, 6.45) is 6.98. The topological polar surface area (TPSA) is 80.3 Å².